The molecular formula is C18H22N4O4. The molecule has 2 N–H and O–H groups in total. The van der Waals surface area contributed by atoms with Crippen molar-refractivity contribution in [3.63, 3.8) is 0 Å². The lowest BCUT2D eigenvalue weighted by atomic mass is 10.1. The number of ether oxygens (including phenoxy) is 1. The number of amides is 1. The number of nitrogens with one attached hydrogen (secondary N) is 2. The summed E-state index contributed by atoms with van der Waals surface area (Å²) in [4.78, 5) is 26.0. The number of alkyl carbamates (subject to hydrolysis) is 1. The van der Waals surface area contributed by atoms with E-state index in [-0.39, 0.29) is 11.7 Å². The molecule has 1 atom stereocenters. The van der Waals surface area contributed by atoms with E-state index in [9.17, 15) is 14.9 Å². The summed E-state index contributed by atoms with van der Waals surface area (Å²) in [5.74, 6) is 0.503. The zero-order valence-electron chi connectivity index (χ0n) is 15.1. The summed E-state index contributed by atoms with van der Waals surface area (Å²) in [6, 6.07) is 10.1. The number of carbonyl (C=O) groups excluding carboxylic acids is 1. The van der Waals surface area contributed by atoms with Crippen molar-refractivity contribution in [1.82, 2.24) is 10.3 Å². The minimum Gasteiger partial charge on any atom is -0.444 e. The normalized spacial score (nSPS) is 12.2. The first kappa shape index (κ1) is 19.2. The van der Waals surface area contributed by atoms with Crippen molar-refractivity contribution < 1.29 is 14.5 Å². The number of hydrogen-bond acceptors (Lipinski definition) is 6. The van der Waals surface area contributed by atoms with E-state index in [1.165, 1.54) is 12.3 Å². The van der Waals surface area contributed by atoms with E-state index in [1.54, 1.807) is 6.07 Å². The summed E-state index contributed by atoms with van der Waals surface area (Å²) in [7, 11) is 0. The van der Waals surface area contributed by atoms with Gasteiger partial charge in [-0.2, -0.15) is 0 Å². The van der Waals surface area contributed by atoms with Crippen LogP contribution in [0.2, 0.25) is 0 Å². The Morgan fingerprint density at radius 3 is 2.35 bits per heavy atom. The van der Waals surface area contributed by atoms with Crippen LogP contribution in [-0.4, -0.2) is 21.6 Å². The van der Waals surface area contributed by atoms with Gasteiger partial charge in [-0.15, -0.1) is 0 Å². The predicted octanol–water partition coefficient (Wildman–Crippen LogP) is 4.32. The van der Waals surface area contributed by atoms with Gasteiger partial charge in [0.05, 0.1) is 11.0 Å². The largest absolute Gasteiger partial charge is 0.444 e. The zero-order valence-corrected chi connectivity index (χ0v) is 15.1. The Balaban J connectivity index is 1.96. The Labute approximate surface area is 151 Å². The molecule has 0 aliphatic heterocycles. The van der Waals surface area contributed by atoms with Gasteiger partial charge in [-0.1, -0.05) is 12.1 Å². The van der Waals surface area contributed by atoms with Crippen LogP contribution < -0.4 is 10.6 Å². The maximum Gasteiger partial charge on any atom is 0.408 e. The SMILES string of the molecule is CC(NC(=O)OC(C)(C)C)c1ccc(Nc2ccc([N+](=O)[O-])cn2)cc1. The fraction of sp³-hybridized carbons (Fsp3) is 0.333. The van der Waals surface area contributed by atoms with Crippen molar-refractivity contribution in [1.29, 1.82) is 0 Å². The van der Waals surface area contributed by atoms with Crippen molar-refractivity contribution in [3.05, 3.63) is 58.3 Å². The van der Waals surface area contributed by atoms with Gasteiger partial charge >= 0.3 is 6.09 Å². The maximum absolute atomic E-state index is 11.8. The summed E-state index contributed by atoms with van der Waals surface area (Å²) >= 11 is 0. The third-order valence-corrected chi connectivity index (χ3v) is 3.38. The Bertz CT molecular complexity index is 767. The highest BCUT2D eigenvalue weighted by Crippen LogP contribution is 2.20. The molecule has 1 heterocycles. The van der Waals surface area contributed by atoms with Crippen molar-refractivity contribution >= 4 is 23.3 Å². The standard InChI is InChI=1S/C18H22N4O4/c1-12(20-17(23)26-18(2,3)4)13-5-7-14(8-6-13)21-16-10-9-15(11-19-16)22(24)25/h5-12H,1-4H3,(H,19,21)(H,20,23). The molecule has 26 heavy (non-hydrogen) atoms. The van der Waals surface area contributed by atoms with Crippen molar-refractivity contribution in [2.75, 3.05) is 5.32 Å². The topological polar surface area (TPSA) is 106 Å². The lowest BCUT2D eigenvalue weighted by Gasteiger charge is -2.22. The van der Waals surface area contributed by atoms with Gasteiger partial charge in [0.15, 0.2) is 0 Å². The van der Waals surface area contributed by atoms with Crippen LogP contribution >= 0.6 is 0 Å². The van der Waals surface area contributed by atoms with E-state index in [0.29, 0.717) is 5.82 Å². The van der Waals surface area contributed by atoms with E-state index in [4.69, 9.17) is 4.74 Å². The summed E-state index contributed by atoms with van der Waals surface area (Å²) in [6.07, 6.45) is 0.728. The first-order valence-corrected chi connectivity index (χ1v) is 8.11. The highest BCUT2D eigenvalue weighted by atomic mass is 16.6. The molecule has 0 fully saturated rings. The number of pyridine rings is 1. The molecule has 0 bridgehead atoms. The van der Waals surface area contributed by atoms with Gasteiger partial charge in [0.1, 0.15) is 17.6 Å². The first-order chi connectivity index (χ1) is 12.1. The second-order valence-corrected chi connectivity index (χ2v) is 6.77. The molecule has 0 aliphatic carbocycles. The van der Waals surface area contributed by atoms with Gasteiger partial charge in [0.25, 0.3) is 5.69 Å². The van der Waals surface area contributed by atoms with Crippen LogP contribution in [-0.2, 0) is 4.74 Å². The van der Waals surface area contributed by atoms with Crippen LogP contribution in [0.4, 0.5) is 22.0 Å². The molecule has 1 aromatic heterocycles. The van der Waals surface area contributed by atoms with Gasteiger partial charge in [0, 0.05) is 11.8 Å². The fourth-order valence-electron chi connectivity index (χ4n) is 2.14. The van der Waals surface area contributed by atoms with Gasteiger partial charge in [0.2, 0.25) is 0 Å². The smallest absolute Gasteiger partial charge is 0.408 e. The zero-order chi connectivity index (χ0) is 19.3. The van der Waals surface area contributed by atoms with Crippen molar-refractivity contribution in [3.8, 4) is 0 Å². The molecule has 0 aliphatic rings. The number of nitrogens with zero attached hydrogens (tertiary/aromatic N) is 2. The Kier molecular flexibility index (Phi) is 5.76. The van der Waals surface area contributed by atoms with Gasteiger partial charge < -0.3 is 15.4 Å². The fourth-order valence-corrected chi connectivity index (χ4v) is 2.14. The van der Waals surface area contributed by atoms with Crippen LogP contribution in [0.3, 0.4) is 0 Å². The lowest BCUT2D eigenvalue weighted by Crippen LogP contribution is -2.34. The second kappa shape index (κ2) is 7.81. The number of carbonyl (C=O) groups is 1. The molecule has 2 aromatic rings. The highest BCUT2D eigenvalue weighted by molar-refractivity contribution is 5.68. The molecule has 138 valence electrons. The average molecular weight is 358 g/mol. The molecule has 1 amide bonds. The van der Waals surface area contributed by atoms with E-state index in [1.807, 2.05) is 52.0 Å². The molecular weight excluding hydrogens is 336 g/mol. The third kappa shape index (κ3) is 5.73. The Hall–Kier alpha value is -3.16. The summed E-state index contributed by atoms with van der Waals surface area (Å²) in [5.41, 5.74) is 1.08. The number of nitro groups is 1. The molecule has 8 heteroatoms. The van der Waals surface area contributed by atoms with Crippen molar-refractivity contribution in [2.45, 2.75) is 39.3 Å². The lowest BCUT2D eigenvalue weighted by molar-refractivity contribution is -0.385. The Morgan fingerprint density at radius 1 is 1.19 bits per heavy atom. The molecule has 0 saturated carbocycles. The van der Waals surface area contributed by atoms with Crippen LogP contribution in [0.25, 0.3) is 0 Å². The van der Waals surface area contributed by atoms with Gasteiger partial charge in [-0.25, -0.2) is 9.78 Å². The molecule has 8 nitrogen and oxygen atoms in total. The van der Waals surface area contributed by atoms with Crippen molar-refractivity contribution in [2.24, 2.45) is 0 Å². The van der Waals surface area contributed by atoms with Gasteiger partial charge in [-0.05, 0) is 51.5 Å². The quantitative estimate of drug-likeness (QED) is 0.609. The molecule has 1 unspecified atom stereocenters. The number of benzene rings is 1. The molecule has 1 aromatic carbocycles. The monoisotopic (exact) mass is 358 g/mol. The first-order valence-electron chi connectivity index (χ1n) is 8.11. The molecule has 0 radical (unpaired) electrons. The number of anilines is 2. The molecule has 0 saturated heterocycles. The third-order valence-electron chi connectivity index (χ3n) is 3.38. The van der Waals surface area contributed by atoms with Crippen LogP contribution in [0.15, 0.2) is 42.6 Å². The van der Waals surface area contributed by atoms with E-state index in [0.717, 1.165) is 11.3 Å². The molecule has 2 rings (SSSR count). The van der Waals surface area contributed by atoms with Crippen LogP contribution in [0.1, 0.15) is 39.3 Å². The van der Waals surface area contributed by atoms with Gasteiger partial charge in [-0.3, -0.25) is 10.1 Å². The van der Waals surface area contributed by atoms with E-state index in [2.05, 4.69) is 15.6 Å². The maximum atomic E-state index is 11.8. The van der Waals surface area contributed by atoms with E-state index >= 15 is 0 Å². The number of rotatable bonds is 5. The number of aromatic nitrogens is 1. The van der Waals surface area contributed by atoms with Crippen LogP contribution in [0.5, 0.6) is 0 Å². The predicted molar refractivity (Wildman–Crippen MR) is 98.4 cm³/mol. The average Bonchev–Trinajstić information content (AvgIpc) is 2.54. The summed E-state index contributed by atoms with van der Waals surface area (Å²) in [5, 5.41) is 16.5. The second-order valence-electron chi connectivity index (χ2n) is 6.77. The minimum atomic E-state index is -0.546. The highest BCUT2D eigenvalue weighted by Gasteiger charge is 2.18. The summed E-state index contributed by atoms with van der Waals surface area (Å²) in [6.45, 7) is 7.29. The molecule has 0 spiro atoms. The minimum absolute atomic E-state index is 0.0621. The summed E-state index contributed by atoms with van der Waals surface area (Å²) < 4.78 is 5.24. The Morgan fingerprint density at radius 2 is 1.85 bits per heavy atom. The van der Waals surface area contributed by atoms with E-state index < -0.39 is 16.6 Å². The van der Waals surface area contributed by atoms with Crippen LogP contribution in [0, 0.1) is 10.1 Å². The number of hydrogen-bond donors (Lipinski definition) is 2.